The first-order valence-electron chi connectivity index (χ1n) is 6.49. The lowest BCUT2D eigenvalue weighted by molar-refractivity contribution is 1.10. The summed E-state index contributed by atoms with van der Waals surface area (Å²) in [6.45, 7) is 4.04. The van der Waals surface area contributed by atoms with Gasteiger partial charge in [-0.1, -0.05) is 23.8 Å². The van der Waals surface area contributed by atoms with Gasteiger partial charge in [0.05, 0.1) is 0 Å². The first-order chi connectivity index (χ1) is 9.63. The van der Waals surface area contributed by atoms with Crippen LogP contribution in [0, 0.1) is 13.8 Å². The first kappa shape index (κ1) is 12.4. The molecule has 3 rings (SSSR count). The Bertz CT molecular complexity index is 759. The zero-order valence-electron chi connectivity index (χ0n) is 11.5. The minimum Gasteiger partial charge on any atom is -0.399 e. The van der Waals surface area contributed by atoms with E-state index >= 15 is 0 Å². The Hall–Kier alpha value is -2.62. The van der Waals surface area contributed by atoms with Crippen LogP contribution < -0.4 is 5.73 Å². The van der Waals surface area contributed by atoms with Gasteiger partial charge in [-0.3, -0.25) is 5.10 Å². The number of benzene rings is 2. The van der Waals surface area contributed by atoms with Crippen LogP contribution in [0.2, 0.25) is 0 Å². The molecular weight excluding hydrogens is 248 g/mol. The van der Waals surface area contributed by atoms with Gasteiger partial charge in [0.25, 0.3) is 0 Å². The molecule has 0 radical (unpaired) electrons. The van der Waals surface area contributed by atoms with Gasteiger partial charge in [-0.15, -0.1) is 0 Å². The number of hydrogen-bond acceptors (Lipinski definition) is 3. The second-order valence-electron chi connectivity index (χ2n) is 4.95. The number of nitrogens with one attached hydrogen (secondary N) is 1. The Labute approximate surface area is 117 Å². The third-order valence-corrected chi connectivity index (χ3v) is 3.30. The van der Waals surface area contributed by atoms with Crippen molar-refractivity contribution in [3.63, 3.8) is 0 Å². The van der Waals surface area contributed by atoms with Crippen molar-refractivity contribution in [2.45, 2.75) is 13.8 Å². The fourth-order valence-electron chi connectivity index (χ4n) is 2.13. The molecule has 1 aromatic heterocycles. The Morgan fingerprint density at radius 3 is 2.60 bits per heavy atom. The van der Waals surface area contributed by atoms with Crippen LogP contribution in [0.15, 0.2) is 42.5 Å². The summed E-state index contributed by atoms with van der Waals surface area (Å²) in [5.41, 5.74) is 10.9. The number of nitrogens with two attached hydrogens (primary N) is 1. The zero-order chi connectivity index (χ0) is 14.1. The summed E-state index contributed by atoms with van der Waals surface area (Å²) in [4.78, 5) is 4.56. The zero-order valence-corrected chi connectivity index (χ0v) is 11.5. The maximum atomic E-state index is 5.83. The number of aryl methyl sites for hydroxylation is 2. The molecule has 0 amide bonds. The van der Waals surface area contributed by atoms with Crippen LogP contribution in [0.4, 0.5) is 5.69 Å². The highest BCUT2D eigenvalue weighted by atomic mass is 15.2. The van der Waals surface area contributed by atoms with Gasteiger partial charge in [0.2, 0.25) is 0 Å². The number of aromatic nitrogens is 3. The van der Waals surface area contributed by atoms with Crippen molar-refractivity contribution in [2.75, 3.05) is 5.73 Å². The van der Waals surface area contributed by atoms with Gasteiger partial charge in [0.15, 0.2) is 11.6 Å². The van der Waals surface area contributed by atoms with Crippen LogP contribution in [0.25, 0.3) is 22.8 Å². The number of anilines is 1. The Morgan fingerprint density at radius 2 is 1.85 bits per heavy atom. The summed E-state index contributed by atoms with van der Waals surface area (Å²) < 4.78 is 0. The van der Waals surface area contributed by atoms with E-state index in [1.165, 1.54) is 5.56 Å². The molecule has 100 valence electrons. The van der Waals surface area contributed by atoms with Gasteiger partial charge in [0.1, 0.15) is 0 Å². The Morgan fingerprint density at radius 1 is 1.00 bits per heavy atom. The van der Waals surface area contributed by atoms with Crippen LogP contribution in [0.5, 0.6) is 0 Å². The molecular formula is C16H16N4. The molecule has 0 aliphatic heterocycles. The van der Waals surface area contributed by atoms with E-state index in [4.69, 9.17) is 5.73 Å². The summed E-state index contributed by atoms with van der Waals surface area (Å²) >= 11 is 0. The van der Waals surface area contributed by atoms with E-state index in [1.807, 2.05) is 37.3 Å². The molecule has 0 saturated heterocycles. The summed E-state index contributed by atoms with van der Waals surface area (Å²) in [5, 5.41) is 7.27. The highest BCUT2D eigenvalue weighted by Crippen LogP contribution is 2.23. The van der Waals surface area contributed by atoms with E-state index in [0.29, 0.717) is 5.82 Å². The highest BCUT2D eigenvalue weighted by Gasteiger charge is 2.08. The monoisotopic (exact) mass is 264 g/mol. The molecule has 0 fully saturated rings. The van der Waals surface area contributed by atoms with Crippen LogP contribution in [-0.2, 0) is 0 Å². The number of rotatable bonds is 2. The first-order valence-corrected chi connectivity index (χ1v) is 6.49. The fraction of sp³-hybridized carbons (Fsp3) is 0.125. The summed E-state index contributed by atoms with van der Waals surface area (Å²) in [6.07, 6.45) is 0. The third kappa shape index (κ3) is 2.28. The van der Waals surface area contributed by atoms with Gasteiger partial charge in [-0.2, -0.15) is 5.10 Å². The molecule has 0 aliphatic carbocycles. The second-order valence-corrected chi connectivity index (χ2v) is 4.95. The largest absolute Gasteiger partial charge is 0.399 e. The minimum absolute atomic E-state index is 0.707. The summed E-state index contributed by atoms with van der Waals surface area (Å²) in [7, 11) is 0. The normalized spacial score (nSPS) is 10.7. The van der Waals surface area contributed by atoms with E-state index in [-0.39, 0.29) is 0 Å². The molecule has 0 unspecified atom stereocenters. The lowest BCUT2D eigenvalue weighted by Crippen LogP contribution is -1.90. The molecule has 0 aliphatic rings. The molecule has 0 spiro atoms. The molecule has 4 heteroatoms. The molecule has 0 saturated carbocycles. The van der Waals surface area contributed by atoms with E-state index in [0.717, 1.165) is 28.2 Å². The number of H-pyrrole nitrogens is 1. The standard InChI is InChI=1S/C16H16N4/c1-10-4-3-5-12(8-10)15-18-16(20-19-15)13-6-7-14(17)11(2)9-13/h3-9H,17H2,1-2H3,(H,18,19,20). The van der Waals surface area contributed by atoms with Gasteiger partial charge in [-0.05, 0) is 43.7 Å². The summed E-state index contributed by atoms with van der Waals surface area (Å²) in [6, 6.07) is 14.0. The maximum absolute atomic E-state index is 5.83. The Balaban J connectivity index is 1.99. The van der Waals surface area contributed by atoms with E-state index < -0.39 is 0 Å². The van der Waals surface area contributed by atoms with Crippen molar-refractivity contribution in [2.24, 2.45) is 0 Å². The lowest BCUT2D eigenvalue weighted by Gasteiger charge is -2.01. The topological polar surface area (TPSA) is 67.6 Å². The van der Waals surface area contributed by atoms with Gasteiger partial charge >= 0.3 is 0 Å². The van der Waals surface area contributed by atoms with Crippen molar-refractivity contribution >= 4 is 5.69 Å². The number of aromatic amines is 1. The van der Waals surface area contributed by atoms with Crippen LogP contribution in [-0.4, -0.2) is 15.2 Å². The van der Waals surface area contributed by atoms with Crippen LogP contribution in [0.3, 0.4) is 0 Å². The van der Waals surface area contributed by atoms with Crippen LogP contribution in [0.1, 0.15) is 11.1 Å². The van der Waals surface area contributed by atoms with Gasteiger partial charge < -0.3 is 5.73 Å². The lowest BCUT2D eigenvalue weighted by atomic mass is 10.1. The van der Waals surface area contributed by atoms with Crippen molar-refractivity contribution in [3.8, 4) is 22.8 Å². The van der Waals surface area contributed by atoms with E-state index in [2.05, 4.69) is 34.2 Å². The number of nitrogen functional groups attached to an aromatic ring is 1. The molecule has 0 atom stereocenters. The molecule has 3 N–H and O–H groups in total. The average molecular weight is 264 g/mol. The van der Waals surface area contributed by atoms with Crippen molar-refractivity contribution in [3.05, 3.63) is 53.6 Å². The Kier molecular flexibility index (Phi) is 2.99. The molecule has 3 aromatic rings. The van der Waals surface area contributed by atoms with Crippen LogP contribution >= 0.6 is 0 Å². The maximum Gasteiger partial charge on any atom is 0.181 e. The predicted octanol–water partition coefficient (Wildman–Crippen LogP) is 3.34. The third-order valence-electron chi connectivity index (χ3n) is 3.30. The van der Waals surface area contributed by atoms with Gasteiger partial charge in [-0.25, -0.2) is 4.98 Å². The van der Waals surface area contributed by atoms with Crippen molar-refractivity contribution in [1.29, 1.82) is 0 Å². The second kappa shape index (κ2) is 4.81. The fourth-order valence-corrected chi connectivity index (χ4v) is 2.13. The van der Waals surface area contributed by atoms with Crippen molar-refractivity contribution in [1.82, 2.24) is 15.2 Å². The van der Waals surface area contributed by atoms with Crippen molar-refractivity contribution < 1.29 is 0 Å². The predicted molar refractivity (Wildman–Crippen MR) is 81.1 cm³/mol. The highest BCUT2D eigenvalue weighted by molar-refractivity contribution is 5.64. The number of nitrogens with zero attached hydrogens (tertiary/aromatic N) is 2. The number of hydrogen-bond donors (Lipinski definition) is 2. The smallest absolute Gasteiger partial charge is 0.181 e. The molecule has 0 bridgehead atoms. The molecule has 4 nitrogen and oxygen atoms in total. The van der Waals surface area contributed by atoms with E-state index in [1.54, 1.807) is 0 Å². The SMILES string of the molecule is Cc1cccc(-c2n[nH]c(-c3ccc(N)c(C)c3)n2)c1. The average Bonchev–Trinajstić information content (AvgIpc) is 2.92. The summed E-state index contributed by atoms with van der Waals surface area (Å²) in [5.74, 6) is 1.46. The molecule has 1 heterocycles. The quantitative estimate of drug-likeness (QED) is 0.697. The minimum atomic E-state index is 0.707. The van der Waals surface area contributed by atoms with E-state index in [9.17, 15) is 0 Å². The molecule has 2 aromatic carbocycles. The molecule has 20 heavy (non-hydrogen) atoms. The van der Waals surface area contributed by atoms with Gasteiger partial charge in [0, 0.05) is 16.8 Å².